The van der Waals surface area contributed by atoms with Crippen molar-refractivity contribution in [2.75, 3.05) is 33.7 Å². The van der Waals surface area contributed by atoms with Gasteiger partial charge in [-0.05, 0) is 57.5 Å². The number of unbranched alkanes of at least 4 members (excludes halogenated alkanes) is 11. The Morgan fingerprint density at radius 3 is 1.94 bits per heavy atom. The van der Waals surface area contributed by atoms with E-state index in [0.29, 0.717) is 13.2 Å². The van der Waals surface area contributed by atoms with Gasteiger partial charge in [0.15, 0.2) is 0 Å². The van der Waals surface area contributed by atoms with Crippen LogP contribution >= 0.6 is 0 Å². The van der Waals surface area contributed by atoms with Crippen LogP contribution in [-0.4, -0.2) is 51.1 Å². The molecule has 0 bridgehead atoms. The number of carbonyl (C=O) groups is 2. The Bertz CT molecular complexity index is 637. The van der Waals surface area contributed by atoms with Crippen LogP contribution in [0.2, 0.25) is 0 Å². The van der Waals surface area contributed by atoms with Gasteiger partial charge in [0.2, 0.25) is 6.41 Å². The highest BCUT2D eigenvalue weighted by atomic mass is 16.5. The quantitative estimate of drug-likeness (QED) is 0.163. The van der Waals surface area contributed by atoms with Crippen LogP contribution < -0.4 is 10.6 Å². The van der Waals surface area contributed by atoms with Crippen molar-refractivity contribution in [3.63, 3.8) is 0 Å². The highest BCUT2D eigenvalue weighted by Gasteiger charge is 2.06. The largest absolute Gasteiger partial charge is 0.445 e. The van der Waals surface area contributed by atoms with E-state index in [9.17, 15) is 9.59 Å². The van der Waals surface area contributed by atoms with E-state index >= 15 is 0 Å². The molecule has 0 radical (unpaired) electrons. The molecule has 0 saturated carbocycles. The fourth-order valence-electron chi connectivity index (χ4n) is 4.09. The first kappa shape index (κ1) is 30.0. The molecule has 0 aliphatic rings. The van der Waals surface area contributed by atoms with Crippen molar-refractivity contribution in [3.8, 4) is 0 Å². The second kappa shape index (κ2) is 21.5. The zero-order valence-electron chi connectivity index (χ0n) is 21.8. The van der Waals surface area contributed by atoms with E-state index in [1.807, 2.05) is 20.2 Å². The maximum Gasteiger partial charge on any atom is 0.407 e. The molecule has 0 unspecified atom stereocenters. The van der Waals surface area contributed by atoms with Gasteiger partial charge in [0.05, 0.1) is 0 Å². The van der Waals surface area contributed by atoms with Crippen LogP contribution in [0.3, 0.4) is 0 Å². The van der Waals surface area contributed by atoms with Gasteiger partial charge in [0.25, 0.3) is 0 Å². The van der Waals surface area contributed by atoms with Crippen LogP contribution in [-0.2, 0) is 22.6 Å². The Morgan fingerprint density at radius 2 is 1.35 bits per heavy atom. The first-order valence-corrected chi connectivity index (χ1v) is 13.4. The van der Waals surface area contributed by atoms with E-state index in [0.717, 1.165) is 44.3 Å². The number of nitrogens with zero attached hydrogens (tertiary/aromatic N) is 1. The maximum atomic E-state index is 11.9. The van der Waals surface area contributed by atoms with Crippen LogP contribution in [0.4, 0.5) is 4.79 Å². The summed E-state index contributed by atoms with van der Waals surface area (Å²) >= 11 is 0. The van der Waals surface area contributed by atoms with E-state index in [1.165, 1.54) is 76.2 Å². The predicted molar refractivity (Wildman–Crippen MR) is 141 cm³/mol. The zero-order chi connectivity index (χ0) is 24.7. The lowest BCUT2D eigenvalue weighted by molar-refractivity contribution is -0.109. The van der Waals surface area contributed by atoms with Gasteiger partial charge in [-0.25, -0.2) is 4.79 Å². The van der Waals surface area contributed by atoms with Crippen molar-refractivity contribution < 1.29 is 14.3 Å². The summed E-state index contributed by atoms with van der Waals surface area (Å²) in [6, 6.07) is 8.31. The van der Waals surface area contributed by atoms with Crippen LogP contribution in [0, 0.1) is 0 Å². The number of amides is 2. The minimum absolute atomic E-state index is 0.333. The lowest BCUT2D eigenvalue weighted by atomic mass is 10.0. The highest BCUT2D eigenvalue weighted by molar-refractivity contribution is 5.67. The fourth-order valence-corrected chi connectivity index (χ4v) is 4.09. The molecule has 6 heteroatoms. The number of ether oxygens (including phenoxy) is 1. The van der Waals surface area contributed by atoms with Crippen molar-refractivity contribution in [3.05, 3.63) is 35.4 Å². The number of alkyl carbamates (subject to hydrolysis) is 1. The monoisotopic (exact) mass is 475 g/mol. The molecule has 1 aromatic carbocycles. The number of aryl methyl sites for hydroxylation is 1. The predicted octanol–water partition coefficient (Wildman–Crippen LogP) is 5.83. The van der Waals surface area contributed by atoms with Crippen LogP contribution in [0.1, 0.15) is 94.6 Å². The third-order valence-corrected chi connectivity index (χ3v) is 6.13. The molecule has 1 rings (SSSR count). The molecule has 194 valence electrons. The molecule has 0 aliphatic heterocycles. The molecular weight excluding hydrogens is 426 g/mol. The molecule has 0 saturated heterocycles. The fraction of sp³-hybridized carbons (Fsp3) is 0.714. The van der Waals surface area contributed by atoms with Crippen molar-refractivity contribution in [2.24, 2.45) is 0 Å². The Hall–Kier alpha value is -2.08. The number of carbonyl (C=O) groups excluding carboxylic acids is 2. The summed E-state index contributed by atoms with van der Waals surface area (Å²) in [5.74, 6) is 0. The maximum absolute atomic E-state index is 11.9. The molecule has 0 aliphatic carbocycles. The van der Waals surface area contributed by atoms with E-state index in [2.05, 4.69) is 33.7 Å². The lowest BCUT2D eigenvalue weighted by Crippen LogP contribution is -2.27. The second-order valence-electron chi connectivity index (χ2n) is 9.49. The van der Waals surface area contributed by atoms with Crippen molar-refractivity contribution >= 4 is 12.5 Å². The molecule has 1 aromatic rings. The third-order valence-electron chi connectivity index (χ3n) is 6.13. The van der Waals surface area contributed by atoms with Crippen molar-refractivity contribution in [2.45, 2.75) is 96.5 Å². The van der Waals surface area contributed by atoms with E-state index in [4.69, 9.17) is 4.74 Å². The van der Waals surface area contributed by atoms with E-state index < -0.39 is 0 Å². The summed E-state index contributed by atoms with van der Waals surface area (Å²) in [5.41, 5.74) is 2.41. The van der Waals surface area contributed by atoms with E-state index in [1.54, 1.807) is 0 Å². The number of hydrogen-bond acceptors (Lipinski definition) is 4. The van der Waals surface area contributed by atoms with Crippen molar-refractivity contribution in [1.29, 1.82) is 0 Å². The summed E-state index contributed by atoms with van der Waals surface area (Å²) < 4.78 is 5.43. The Labute approximate surface area is 208 Å². The minimum atomic E-state index is -0.333. The van der Waals surface area contributed by atoms with Gasteiger partial charge in [0, 0.05) is 13.1 Å². The molecule has 0 heterocycles. The normalized spacial score (nSPS) is 10.9. The molecule has 2 amide bonds. The molecule has 34 heavy (non-hydrogen) atoms. The molecular formula is C28H49N3O3. The third kappa shape index (κ3) is 17.4. The number of nitrogens with one attached hydrogen (secondary N) is 2. The van der Waals surface area contributed by atoms with Crippen LogP contribution in [0.15, 0.2) is 24.3 Å². The van der Waals surface area contributed by atoms with Gasteiger partial charge in [-0.2, -0.15) is 0 Å². The molecule has 6 nitrogen and oxygen atoms in total. The van der Waals surface area contributed by atoms with Crippen LogP contribution in [0.5, 0.6) is 0 Å². The topological polar surface area (TPSA) is 70.7 Å². The number of rotatable bonds is 22. The first-order valence-electron chi connectivity index (χ1n) is 13.4. The van der Waals surface area contributed by atoms with Gasteiger partial charge in [-0.15, -0.1) is 0 Å². The van der Waals surface area contributed by atoms with Gasteiger partial charge < -0.3 is 20.3 Å². The summed E-state index contributed by atoms with van der Waals surface area (Å²) in [6.07, 6.45) is 17.8. The summed E-state index contributed by atoms with van der Waals surface area (Å²) in [7, 11) is 4.05. The van der Waals surface area contributed by atoms with Gasteiger partial charge >= 0.3 is 6.09 Å². The summed E-state index contributed by atoms with van der Waals surface area (Å²) in [5, 5.41) is 5.54. The molecule has 0 fully saturated rings. The van der Waals surface area contributed by atoms with Gasteiger partial charge in [-0.3, -0.25) is 4.79 Å². The summed E-state index contributed by atoms with van der Waals surface area (Å²) in [4.78, 5) is 24.2. The highest BCUT2D eigenvalue weighted by Crippen LogP contribution is 2.16. The van der Waals surface area contributed by atoms with Gasteiger partial charge in [-0.1, -0.05) is 88.5 Å². The molecule has 0 spiro atoms. The Balaban J connectivity index is 2.02. The molecule has 2 N–H and O–H groups in total. The number of benzene rings is 1. The zero-order valence-corrected chi connectivity index (χ0v) is 21.8. The smallest absolute Gasteiger partial charge is 0.407 e. The lowest BCUT2D eigenvalue weighted by Gasteiger charge is -2.12. The minimum Gasteiger partial charge on any atom is -0.445 e. The second-order valence-corrected chi connectivity index (χ2v) is 9.49. The summed E-state index contributed by atoms with van der Waals surface area (Å²) in [6.45, 7) is 2.75. The first-order chi connectivity index (χ1) is 16.6. The van der Waals surface area contributed by atoms with E-state index in [-0.39, 0.29) is 6.09 Å². The van der Waals surface area contributed by atoms with Crippen LogP contribution in [0.25, 0.3) is 0 Å². The van der Waals surface area contributed by atoms with Gasteiger partial charge in [0.1, 0.15) is 6.61 Å². The molecule has 0 atom stereocenters. The SMILES string of the molecule is CN(C)CCCNC(=O)OCc1ccccc1CCCCCCCCCCCCCCNC=O. The molecule has 0 aromatic heterocycles. The van der Waals surface area contributed by atoms with Crippen molar-refractivity contribution in [1.82, 2.24) is 15.5 Å². The number of hydrogen-bond donors (Lipinski definition) is 2. The standard InChI is InChI=1S/C28H49N3O3/c1-31(2)23-17-22-30-28(33)34-24-27-20-15-14-19-26(27)18-13-11-9-7-5-3-4-6-8-10-12-16-21-29-25-32/h14-15,19-20,25H,3-13,16-18,21-24H2,1-2H3,(H,29,32)(H,30,33). The Morgan fingerprint density at radius 1 is 0.794 bits per heavy atom. The average molecular weight is 476 g/mol. The Kier molecular flexibility index (Phi) is 18.9. The average Bonchev–Trinajstić information content (AvgIpc) is 2.83.